The van der Waals surface area contributed by atoms with Crippen molar-refractivity contribution in [1.82, 2.24) is 9.88 Å². The predicted octanol–water partition coefficient (Wildman–Crippen LogP) is 3.25. The van der Waals surface area contributed by atoms with Crippen LogP contribution >= 0.6 is 11.3 Å². The summed E-state index contributed by atoms with van der Waals surface area (Å²) in [4.78, 5) is 7.21. The zero-order valence-corrected chi connectivity index (χ0v) is 14.9. The van der Waals surface area contributed by atoms with E-state index >= 15 is 0 Å². The van der Waals surface area contributed by atoms with Gasteiger partial charge in [-0.1, -0.05) is 0 Å². The Balaban J connectivity index is 1.40. The van der Waals surface area contributed by atoms with Crippen LogP contribution in [-0.4, -0.2) is 48.9 Å². The van der Waals surface area contributed by atoms with Crippen molar-refractivity contribution in [2.75, 3.05) is 32.9 Å². The smallest absolute Gasteiger partial charge is 0.107 e. The predicted molar refractivity (Wildman–Crippen MR) is 91.7 cm³/mol. The summed E-state index contributed by atoms with van der Waals surface area (Å²) in [6.07, 6.45) is 6.68. The molecule has 1 aliphatic carbocycles. The monoisotopic (exact) mass is 336 g/mol. The molecule has 0 bridgehead atoms. The fraction of sp³-hybridized carbons (Fsp3) is 0.833. The minimum absolute atomic E-state index is 0.206. The summed E-state index contributed by atoms with van der Waals surface area (Å²) in [6, 6.07) is 0. The summed E-state index contributed by atoms with van der Waals surface area (Å²) in [5, 5.41) is 3.40. The highest BCUT2D eigenvalue weighted by atomic mass is 32.1. The SMILES string of the molecule is Cc1csc(CN2CC[C@@H]3OCCC[C@@]3(COCC3CC3)C2)n1. The number of likely N-dealkylation sites (tertiary alicyclic amines) is 1. The van der Waals surface area contributed by atoms with Gasteiger partial charge < -0.3 is 9.47 Å². The first-order valence-corrected chi connectivity index (χ1v) is 9.94. The Morgan fingerprint density at radius 3 is 3.13 bits per heavy atom. The highest BCUT2D eigenvalue weighted by molar-refractivity contribution is 7.09. The molecular formula is C18H28N2O2S. The van der Waals surface area contributed by atoms with E-state index in [0.29, 0.717) is 6.10 Å². The van der Waals surface area contributed by atoms with Crippen molar-refractivity contribution < 1.29 is 9.47 Å². The van der Waals surface area contributed by atoms with E-state index in [1.165, 1.54) is 30.7 Å². The molecule has 0 spiro atoms. The molecule has 0 N–H and O–H groups in total. The number of aryl methyl sites for hydroxylation is 1. The number of hydrogen-bond acceptors (Lipinski definition) is 5. The summed E-state index contributed by atoms with van der Waals surface area (Å²) in [6.45, 7) is 8.04. The maximum Gasteiger partial charge on any atom is 0.107 e. The molecule has 1 aromatic heterocycles. The number of aromatic nitrogens is 1. The van der Waals surface area contributed by atoms with Crippen molar-refractivity contribution >= 4 is 11.3 Å². The molecule has 1 aromatic rings. The number of hydrogen-bond donors (Lipinski definition) is 0. The Labute approximate surface area is 143 Å². The first-order valence-electron chi connectivity index (χ1n) is 9.06. The van der Waals surface area contributed by atoms with Gasteiger partial charge in [-0.2, -0.15) is 0 Å². The van der Waals surface area contributed by atoms with E-state index in [-0.39, 0.29) is 5.41 Å². The van der Waals surface area contributed by atoms with Crippen LogP contribution in [0, 0.1) is 18.3 Å². The van der Waals surface area contributed by atoms with Crippen LogP contribution in [0.3, 0.4) is 0 Å². The van der Waals surface area contributed by atoms with Gasteiger partial charge in [-0.15, -0.1) is 11.3 Å². The van der Waals surface area contributed by atoms with Crippen LogP contribution < -0.4 is 0 Å². The van der Waals surface area contributed by atoms with Gasteiger partial charge in [0.2, 0.25) is 0 Å². The van der Waals surface area contributed by atoms with Crippen molar-refractivity contribution in [2.45, 2.75) is 51.7 Å². The summed E-state index contributed by atoms with van der Waals surface area (Å²) in [5.41, 5.74) is 1.35. The van der Waals surface area contributed by atoms with Crippen molar-refractivity contribution in [3.8, 4) is 0 Å². The van der Waals surface area contributed by atoms with Crippen LogP contribution in [0.25, 0.3) is 0 Å². The normalized spacial score (nSPS) is 32.0. The molecule has 0 aromatic carbocycles. The van der Waals surface area contributed by atoms with Crippen molar-refractivity contribution in [2.24, 2.45) is 11.3 Å². The highest BCUT2D eigenvalue weighted by Crippen LogP contribution is 2.41. The summed E-state index contributed by atoms with van der Waals surface area (Å²) in [7, 11) is 0. The topological polar surface area (TPSA) is 34.6 Å². The zero-order valence-electron chi connectivity index (χ0n) is 14.1. The quantitative estimate of drug-likeness (QED) is 0.799. The number of thiazole rings is 1. The number of fused-ring (bicyclic) bond motifs is 1. The van der Waals surface area contributed by atoms with Crippen molar-refractivity contribution in [3.05, 3.63) is 16.1 Å². The largest absolute Gasteiger partial charge is 0.380 e. The average Bonchev–Trinajstić information content (AvgIpc) is 3.28. The number of ether oxygens (including phenoxy) is 2. The lowest BCUT2D eigenvalue weighted by molar-refractivity contribution is -0.154. The third kappa shape index (κ3) is 3.78. The van der Waals surface area contributed by atoms with Gasteiger partial charge in [0.15, 0.2) is 0 Å². The second-order valence-electron chi connectivity index (χ2n) is 7.67. The Bertz CT molecular complexity index is 531. The molecule has 0 radical (unpaired) electrons. The number of piperidine rings is 1. The van der Waals surface area contributed by atoms with Crippen LogP contribution in [0.15, 0.2) is 5.38 Å². The van der Waals surface area contributed by atoms with Gasteiger partial charge >= 0.3 is 0 Å². The van der Waals surface area contributed by atoms with E-state index in [0.717, 1.165) is 57.5 Å². The summed E-state index contributed by atoms with van der Waals surface area (Å²) < 4.78 is 12.3. The van der Waals surface area contributed by atoms with Gasteiger partial charge in [0, 0.05) is 42.8 Å². The van der Waals surface area contributed by atoms with Gasteiger partial charge in [0.25, 0.3) is 0 Å². The zero-order chi connectivity index (χ0) is 15.7. The van der Waals surface area contributed by atoms with E-state index in [2.05, 4.69) is 22.2 Å². The van der Waals surface area contributed by atoms with E-state index in [4.69, 9.17) is 9.47 Å². The molecule has 3 aliphatic rings. The molecule has 0 unspecified atom stereocenters. The molecule has 5 heteroatoms. The molecule has 4 rings (SSSR count). The molecule has 23 heavy (non-hydrogen) atoms. The van der Waals surface area contributed by atoms with E-state index < -0.39 is 0 Å². The standard InChI is InChI=1S/C18H28N2O2S/c1-14-11-23-17(19-14)9-20-7-5-16-18(12-20,6-2-8-22-16)13-21-10-15-3-4-15/h11,15-16H,2-10,12-13H2,1H3/t16-,18-/m0/s1. The minimum atomic E-state index is 0.206. The molecule has 2 aliphatic heterocycles. The Kier molecular flexibility index (Phi) is 4.72. The van der Waals surface area contributed by atoms with E-state index in [9.17, 15) is 0 Å². The third-order valence-electron chi connectivity index (χ3n) is 5.53. The maximum atomic E-state index is 6.14. The summed E-state index contributed by atoms with van der Waals surface area (Å²) >= 11 is 1.79. The van der Waals surface area contributed by atoms with E-state index in [1.807, 2.05) is 0 Å². The van der Waals surface area contributed by atoms with Crippen LogP contribution in [0.5, 0.6) is 0 Å². The molecule has 1 saturated carbocycles. The lowest BCUT2D eigenvalue weighted by Gasteiger charge is -2.50. The number of nitrogens with zero attached hydrogens (tertiary/aromatic N) is 2. The molecule has 2 saturated heterocycles. The summed E-state index contributed by atoms with van der Waals surface area (Å²) in [5.74, 6) is 0.840. The van der Waals surface area contributed by atoms with Crippen LogP contribution in [0.4, 0.5) is 0 Å². The minimum Gasteiger partial charge on any atom is -0.380 e. The fourth-order valence-electron chi connectivity index (χ4n) is 4.11. The van der Waals surface area contributed by atoms with Gasteiger partial charge in [-0.3, -0.25) is 4.90 Å². The second-order valence-corrected chi connectivity index (χ2v) is 8.61. The Morgan fingerprint density at radius 1 is 1.43 bits per heavy atom. The first kappa shape index (κ1) is 16.0. The molecule has 3 fully saturated rings. The lowest BCUT2D eigenvalue weighted by Crippen LogP contribution is -2.56. The number of rotatable bonds is 6. The Hall–Kier alpha value is -0.490. The van der Waals surface area contributed by atoms with Crippen LogP contribution in [0.1, 0.15) is 42.8 Å². The fourth-order valence-corrected chi connectivity index (χ4v) is 4.92. The second kappa shape index (κ2) is 6.79. The highest BCUT2D eigenvalue weighted by Gasteiger charge is 2.46. The van der Waals surface area contributed by atoms with E-state index in [1.54, 1.807) is 11.3 Å². The van der Waals surface area contributed by atoms with Crippen LogP contribution in [0.2, 0.25) is 0 Å². The molecule has 4 nitrogen and oxygen atoms in total. The van der Waals surface area contributed by atoms with Gasteiger partial charge in [-0.05, 0) is 44.9 Å². The molecule has 3 heterocycles. The molecular weight excluding hydrogens is 308 g/mol. The lowest BCUT2D eigenvalue weighted by atomic mass is 9.73. The van der Waals surface area contributed by atoms with Crippen LogP contribution in [-0.2, 0) is 16.0 Å². The third-order valence-corrected chi connectivity index (χ3v) is 6.48. The molecule has 2 atom stereocenters. The average molecular weight is 337 g/mol. The van der Waals surface area contributed by atoms with Gasteiger partial charge in [0.1, 0.15) is 5.01 Å². The van der Waals surface area contributed by atoms with Gasteiger partial charge in [0.05, 0.1) is 19.3 Å². The first-order chi connectivity index (χ1) is 11.2. The van der Waals surface area contributed by atoms with Crippen molar-refractivity contribution in [3.63, 3.8) is 0 Å². The van der Waals surface area contributed by atoms with Gasteiger partial charge in [-0.25, -0.2) is 4.98 Å². The molecule has 128 valence electrons. The molecule has 0 amide bonds. The maximum absolute atomic E-state index is 6.14. The van der Waals surface area contributed by atoms with Crippen molar-refractivity contribution in [1.29, 1.82) is 0 Å². The Morgan fingerprint density at radius 2 is 2.35 bits per heavy atom.